The van der Waals surface area contributed by atoms with Crippen molar-refractivity contribution in [2.45, 2.75) is 40.2 Å². The van der Waals surface area contributed by atoms with E-state index in [9.17, 15) is 9.59 Å². The van der Waals surface area contributed by atoms with Crippen LogP contribution in [0, 0.1) is 0 Å². The highest BCUT2D eigenvalue weighted by molar-refractivity contribution is 5.71. The molecule has 0 bridgehead atoms. The van der Waals surface area contributed by atoms with Gasteiger partial charge in [0.25, 0.3) is 0 Å². The Morgan fingerprint density at radius 2 is 1.55 bits per heavy atom. The van der Waals surface area contributed by atoms with Crippen LogP contribution in [0.1, 0.15) is 39.2 Å². The minimum absolute atomic E-state index is 0.0880. The summed E-state index contributed by atoms with van der Waals surface area (Å²) in [5, 5.41) is 3.01. The van der Waals surface area contributed by atoms with E-state index >= 15 is 0 Å². The Bertz CT molecular complexity index is 398. The van der Waals surface area contributed by atoms with Gasteiger partial charge >= 0.3 is 11.9 Å². The molecule has 0 aliphatic carbocycles. The van der Waals surface area contributed by atoms with Crippen LogP contribution >= 0.6 is 0 Å². The van der Waals surface area contributed by atoms with Gasteiger partial charge in [0, 0.05) is 13.0 Å². The molecule has 0 aromatic heterocycles. The minimum atomic E-state index is -0.205. The topological polar surface area (TPSA) is 64.6 Å². The van der Waals surface area contributed by atoms with Crippen LogP contribution in [0.3, 0.4) is 0 Å². The molecule has 0 spiro atoms. The summed E-state index contributed by atoms with van der Waals surface area (Å²) >= 11 is 0. The lowest BCUT2D eigenvalue weighted by molar-refractivity contribution is -0.143. The van der Waals surface area contributed by atoms with Crippen LogP contribution in [0.5, 0.6) is 0 Å². The van der Waals surface area contributed by atoms with Crippen molar-refractivity contribution < 1.29 is 19.1 Å². The Morgan fingerprint density at radius 1 is 0.955 bits per heavy atom. The van der Waals surface area contributed by atoms with Crippen molar-refractivity contribution in [1.82, 2.24) is 5.32 Å². The molecule has 0 radical (unpaired) electrons. The van der Waals surface area contributed by atoms with Crippen LogP contribution < -0.4 is 5.32 Å². The van der Waals surface area contributed by atoms with Crippen molar-refractivity contribution in [3.63, 3.8) is 0 Å². The van der Waals surface area contributed by atoms with E-state index in [0.717, 1.165) is 12.0 Å². The van der Waals surface area contributed by atoms with Gasteiger partial charge in [-0.3, -0.25) is 9.59 Å². The highest BCUT2D eigenvalue weighted by Gasteiger charge is 1.99. The molecular formula is C17H27NO4. The molecule has 5 heteroatoms. The number of carbonyl (C=O) groups excluding carboxylic acids is 2. The van der Waals surface area contributed by atoms with Crippen molar-refractivity contribution in [3.8, 4) is 0 Å². The van der Waals surface area contributed by atoms with Gasteiger partial charge in [-0.15, -0.1) is 0 Å². The van der Waals surface area contributed by atoms with E-state index in [4.69, 9.17) is 4.74 Å². The van der Waals surface area contributed by atoms with E-state index in [1.807, 2.05) is 44.2 Å². The van der Waals surface area contributed by atoms with Crippen molar-refractivity contribution in [2.75, 3.05) is 19.8 Å². The summed E-state index contributed by atoms with van der Waals surface area (Å²) in [5.41, 5.74) is 1.16. The smallest absolute Gasteiger partial charge is 0.319 e. The van der Waals surface area contributed by atoms with Gasteiger partial charge in [-0.2, -0.15) is 0 Å². The Morgan fingerprint density at radius 3 is 2.09 bits per heavy atom. The largest absolute Gasteiger partial charge is 0.466 e. The Hall–Kier alpha value is -1.88. The Labute approximate surface area is 133 Å². The normalized spacial score (nSPS) is 9.41. The third kappa shape index (κ3) is 11.9. The molecule has 0 saturated heterocycles. The summed E-state index contributed by atoms with van der Waals surface area (Å²) in [6.07, 6.45) is 1.42. The van der Waals surface area contributed by atoms with Gasteiger partial charge in [0.2, 0.25) is 0 Å². The summed E-state index contributed by atoms with van der Waals surface area (Å²) in [4.78, 5) is 21.4. The molecule has 5 nitrogen and oxygen atoms in total. The second kappa shape index (κ2) is 14.1. The molecule has 0 fully saturated rings. The summed E-state index contributed by atoms with van der Waals surface area (Å²) in [5.74, 6) is -0.293. The average Bonchev–Trinajstić information content (AvgIpc) is 2.50. The first kappa shape index (κ1) is 20.1. The van der Waals surface area contributed by atoms with Gasteiger partial charge in [0.1, 0.15) is 0 Å². The molecule has 22 heavy (non-hydrogen) atoms. The average molecular weight is 309 g/mol. The van der Waals surface area contributed by atoms with Crippen LogP contribution in [0.2, 0.25) is 0 Å². The minimum Gasteiger partial charge on any atom is -0.466 e. The van der Waals surface area contributed by atoms with Crippen molar-refractivity contribution in [2.24, 2.45) is 0 Å². The summed E-state index contributed by atoms with van der Waals surface area (Å²) in [7, 11) is 0. The molecule has 0 amide bonds. The number of hydrogen-bond acceptors (Lipinski definition) is 5. The maximum atomic E-state index is 10.9. The van der Waals surface area contributed by atoms with E-state index in [-0.39, 0.29) is 18.5 Å². The van der Waals surface area contributed by atoms with E-state index in [1.165, 1.54) is 0 Å². The molecule has 0 aliphatic heterocycles. The van der Waals surface area contributed by atoms with Gasteiger partial charge in [-0.05, 0) is 25.8 Å². The van der Waals surface area contributed by atoms with Gasteiger partial charge in [0.05, 0.1) is 19.8 Å². The van der Waals surface area contributed by atoms with Crippen LogP contribution in [0.15, 0.2) is 30.3 Å². The molecule has 1 rings (SSSR count). The molecule has 0 unspecified atom stereocenters. The van der Waals surface area contributed by atoms with Crippen molar-refractivity contribution in [3.05, 3.63) is 35.9 Å². The number of rotatable bonds is 8. The number of carbonyl (C=O) groups is 2. The molecule has 0 heterocycles. The van der Waals surface area contributed by atoms with E-state index in [0.29, 0.717) is 26.2 Å². The van der Waals surface area contributed by atoms with E-state index < -0.39 is 0 Å². The first-order chi connectivity index (χ1) is 10.6. The standard InChI is InChI=1S/C11H15NO2.C6H12O2/c1-2-14-11(13)9-12-8-10-6-4-3-5-7-10;1-3-5-6(7)8-4-2/h3-7,12H,2,8-9H2,1H3;3-5H2,1-2H3. The summed E-state index contributed by atoms with van der Waals surface area (Å²) in [6, 6.07) is 9.94. The van der Waals surface area contributed by atoms with E-state index in [1.54, 1.807) is 6.92 Å². The predicted molar refractivity (Wildman–Crippen MR) is 86.3 cm³/mol. The fourth-order valence-electron chi connectivity index (χ4n) is 1.55. The highest BCUT2D eigenvalue weighted by Crippen LogP contribution is 1.96. The molecule has 1 N–H and O–H groups in total. The van der Waals surface area contributed by atoms with Gasteiger partial charge in [-0.25, -0.2) is 0 Å². The van der Waals surface area contributed by atoms with Crippen LogP contribution in [-0.4, -0.2) is 31.7 Å². The zero-order chi connectivity index (χ0) is 16.6. The van der Waals surface area contributed by atoms with Crippen LogP contribution in [-0.2, 0) is 25.6 Å². The molecular weight excluding hydrogens is 282 g/mol. The zero-order valence-corrected chi connectivity index (χ0v) is 13.8. The lowest BCUT2D eigenvalue weighted by Gasteiger charge is -2.04. The summed E-state index contributed by atoms with van der Waals surface area (Å²) in [6.45, 7) is 7.46. The third-order valence-electron chi connectivity index (χ3n) is 2.51. The number of benzene rings is 1. The quantitative estimate of drug-likeness (QED) is 0.748. The number of hydrogen-bond donors (Lipinski definition) is 1. The maximum Gasteiger partial charge on any atom is 0.319 e. The first-order valence-electron chi connectivity index (χ1n) is 7.69. The maximum absolute atomic E-state index is 10.9. The van der Waals surface area contributed by atoms with Crippen LogP contribution in [0.4, 0.5) is 0 Å². The second-order valence-electron chi connectivity index (χ2n) is 4.45. The highest BCUT2D eigenvalue weighted by atomic mass is 16.5. The molecule has 1 aromatic carbocycles. The second-order valence-corrected chi connectivity index (χ2v) is 4.45. The number of ether oxygens (including phenoxy) is 2. The number of nitrogens with one attached hydrogen (secondary N) is 1. The summed E-state index contributed by atoms with van der Waals surface area (Å²) < 4.78 is 9.42. The van der Waals surface area contributed by atoms with Gasteiger partial charge in [-0.1, -0.05) is 37.3 Å². The molecule has 124 valence electrons. The Balaban J connectivity index is 0.000000472. The monoisotopic (exact) mass is 309 g/mol. The zero-order valence-electron chi connectivity index (χ0n) is 13.8. The lowest BCUT2D eigenvalue weighted by Crippen LogP contribution is -2.24. The lowest BCUT2D eigenvalue weighted by atomic mass is 10.2. The first-order valence-corrected chi connectivity index (χ1v) is 7.69. The van der Waals surface area contributed by atoms with E-state index in [2.05, 4.69) is 10.1 Å². The molecule has 1 aromatic rings. The predicted octanol–water partition coefficient (Wildman–Crippen LogP) is 2.69. The third-order valence-corrected chi connectivity index (χ3v) is 2.51. The van der Waals surface area contributed by atoms with Gasteiger partial charge < -0.3 is 14.8 Å². The van der Waals surface area contributed by atoms with Crippen LogP contribution in [0.25, 0.3) is 0 Å². The molecule has 0 atom stereocenters. The molecule has 0 saturated carbocycles. The number of esters is 2. The fourth-order valence-corrected chi connectivity index (χ4v) is 1.55. The van der Waals surface area contributed by atoms with Gasteiger partial charge in [0.15, 0.2) is 0 Å². The SMILES string of the molecule is CCCC(=O)OCC.CCOC(=O)CNCc1ccccc1. The Kier molecular flexibility index (Phi) is 12.9. The van der Waals surface area contributed by atoms with Crippen molar-refractivity contribution in [1.29, 1.82) is 0 Å². The molecule has 0 aliphatic rings. The fraction of sp³-hybridized carbons (Fsp3) is 0.529. The van der Waals surface area contributed by atoms with Crippen molar-refractivity contribution >= 4 is 11.9 Å².